The summed E-state index contributed by atoms with van der Waals surface area (Å²) in [5.74, 6) is 0.707. The summed E-state index contributed by atoms with van der Waals surface area (Å²) in [6, 6.07) is 5.30. The van der Waals surface area contributed by atoms with Crippen molar-refractivity contribution < 1.29 is 23.8 Å². The third-order valence-corrected chi connectivity index (χ3v) is 5.15. The van der Waals surface area contributed by atoms with E-state index in [2.05, 4.69) is 13.8 Å². The Balaban J connectivity index is 1.87. The molecule has 1 atom stereocenters. The van der Waals surface area contributed by atoms with Crippen molar-refractivity contribution in [3.8, 4) is 5.75 Å². The topological polar surface area (TPSA) is 65.1 Å². The molecule has 2 heterocycles. The van der Waals surface area contributed by atoms with Crippen molar-refractivity contribution in [2.45, 2.75) is 39.3 Å². The molecule has 1 aromatic carbocycles. The lowest BCUT2D eigenvalue weighted by atomic mass is 9.97. The van der Waals surface area contributed by atoms with E-state index in [1.54, 1.807) is 12.1 Å². The van der Waals surface area contributed by atoms with E-state index in [0.29, 0.717) is 37.6 Å². The van der Waals surface area contributed by atoms with Gasteiger partial charge in [-0.15, -0.1) is 0 Å². The van der Waals surface area contributed by atoms with Crippen LogP contribution >= 0.6 is 0 Å². The number of rotatable bonds is 3. The molecule has 6 nitrogen and oxygen atoms in total. The van der Waals surface area contributed by atoms with Gasteiger partial charge in [0.15, 0.2) is 0 Å². The molecule has 0 radical (unpaired) electrons. The molecule has 142 valence electrons. The van der Waals surface area contributed by atoms with Gasteiger partial charge in [-0.3, -0.25) is 4.79 Å². The average Bonchev–Trinajstić information content (AvgIpc) is 2.86. The number of nitrogens with zero attached hydrogens (tertiary/aromatic N) is 1. The minimum absolute atomic E-state index is 0.0208. The van der Waals surface area contributed by atoms with Gasteiger partial charge in [0, 0.05) is 31.2 Å². The van der Waals surface area contributed by atoms with Crippen LogP contribution in [-0.4, -0.2) is 49.7 Å². The van der Waals surface area contributed by atoms with E-state index in [9.17, 15) is 9.59 Å². The summed E-state index contributed by atoms with van der Waals surface area (Å²) < 4.78 is 16.4. The maximum absolute atomic E-state index is 13.0. The first-order valence-electron chi connectivity index (χ1n) is 9.24. The summed E-state index contributed by atoms with van der Waals surface area (Å²) in [6.45, 7) is 6.50. The van der Waals surface area contributed by atoms with Crippen LogP contribution in [0.4, 0.5) is 0 Å². The second kappa shape index (κ2) is 8.08. The van der Waals surface area contributed by atoms with Crippen molar-refractivity contribution in [3.05, 3.63) is 29.3 Å². The molecule has 26 heavy (non-hydrogen) atoms. The van der Waals surface area contributed by atoms with Crippen LogP contribution in [0.15, 0.2) is 18.2 Å². The second-order valence-electron chi connectivity index (χ2n) is 7.32. The zero-order valence-electron chi connectivity index (χ0n) is 15.7. The van der Waals surface area contributed by atoms with E-state index in [-0.39, 0.29) is 23.8 Å². The van der Waals surface area contributed by atoms with E-state index < -0.39 is 5.97 Å². The third-order valence-electron chi connectivity index (χ3n) is 5.15. The number of ether oxygens (including phenoxy) is 3. The van der Waals surface area contributed by atoms with Crippen LogP contribution in [0.1, 0.15) is 42.6 Å². The highest BCUT2D eigenvalue weighted by molar-refractivity contribution is 5.90. The Bertz CT molecular complexity index is 666. The molecule has 1 unspecified atom stereocenters. The Morgan fingerprint density at radius 3 is 2.62 bits per heavy atom. The van der Waals surface area contributed by atoms with Crippen LogP contribution in [0, 0.1) is 11.8 Å². The van der Waals surface area contributed by atoms with Gasteiger partial charge >= 0.3 is 5.97 Å². The molecule has 6 heteroatoms. The Labute approximate surface area is 154 Å². The highest BCUT2D eigenvalue weighted by Gasteiger charge is 2.32. The SMILES string of the molecule is COC(=O)c1ccc2c(c1)OC(C(C)C)CN(C(=O)C1CCOCC1)C2. The molecule has 0 N–H and O–H groups in total. The van der Waals surface area contributed by atoms with Gasteiger partial charge in [-0.05, 0) is 30.9 Å². The maximum atomic E-state index is 13.0. The summed E-state index contributed by atoms with van der Waals surface area (Å²) in [5, 5.41) is 0. The molecule has 2 aliphatic rings. The first-order valence-corrected chi connectivity index (χ1v) is 9.24. The fraction of sp³-hybridized carbons (Fsp3) is 0.600. The summed E-state index contributed by atoms with van der Waals surface area (Å²) >= 11 is 0. The molecule has 1 saturated heterocycles. The lowest BCUT2D eigenvalue weighted by Crippen LogP contribution is -2.43. The van der Waals surface area contributed by atoms with Gasteiger partial charge in [0.1, 0.15) is 11.9 Å². The van der Waals surface area contributed by atoms with Gasteiger partial charge in [0.25, 0.3) is 0 Å². The molecule has 0 saturated carbocycles. The molecular formula is C20H27NO5. The first-order chi connectivity index (χ1) is 12.5. The van der Waals surface area contributed by atoms with Crippen LogP contribution in [0.5, 0.6) is 5.75 Å². The number of fused-ring (bicyclic) bond motifs is 1. The number of esters is 1. The van der Waals surface area contributed by atoms with Crippen molar-refractivity contribution in [2.24, 2.45) is 11.8 Å². The molecule has 0 aromatic heterocycles. The van der Waals surface area contributed by atoms with Gasteiger partial charge < -0.3 is 19.1 Å². The molecule has 0 aliphatic carbocycles. The average molecular weight is 361 g/mol. The van der Waals surface area contributed by atoms with E-state index in [1.807, 2.05) is 11.0 Å². The summed E-state index contributed by atoms with van der Waals surface area (Å²) in [7, 11) is 1.36. The third kappa shape index (κ3) is 4.01. The molecule has 1 amide bonds. The van der Waals surface area contributed by atoms with Gasteiger partial charge in [0.2, 0.25) is 5.91 Å². The molecule has 0 spiro atoms. The minimum Gasteiger partial charge on any atom is -0.488 e. The van der Waals surface area contributed by atoms with Crippen LogP contribution < -0.4 is 4.74 Å². The van der Waals surface area contributed by atoms with E-state index in [1.165, 1.54) is 7.11 Å². The van der Waals surface area contributed by atoms with Crippen molar-refractivity contribution in [3.63, 3.8) is 0 Å². The van der Waals surface area contributed by atoms with Gasteiger partial charge in [0.05, 0.1) is 19.2 Å². The van der Waals surface area contributed by atoms with Crippen LogP contribution in [0.25, 0.3) is 0 Å². The van der Waals surface area contributed by atoms with Crippen molar-refractivity contribution >= 4 is 11.9 Å². The molecule has 1 fully saturated rings. The highest BCUT2D eigenvalue weighted by atomic mass is 16.5. The summed E-state index contributed by atoms with van der Waals surface area (Å²) in [4.78, 5) is 26.8. The summed E-state index contributed by atoms with van der Waals surface area (Å²) in [6.07, 6.45) is 1.43. The van der Waals surface area contributed by atoms with Gasteiger partial charge in [-0.1, -0.05) is 19.9 Å². The van der Waals surface area contributed by atoms with Crippen molar-refractivity contribution in [1.82, 2.24) is 4.90 Å². The number of hydrogen-bond acceptors (Lipinski definition) is 5. The lowest BCUT2D eigenvalue weighted by Gasteiger charge is -2.30. The quantitative estimate of drug-likeness (QED) is 0.775. The molecule has 1 aromatic rings. The van der Waals surface area contributed by atoms with Crippen LogP contribution in [0.2, 0.25) is 0 Å². The van der Waals surface area contributed by atoms with Crippen LogP contribution in [-0.2, 0) is 20.8 Å². The number of benzene rings is 1. The maximum Gasteiger partial charge on any atom is 0.337 e. The Morgan fingerprint density at radius 1 is 1.23 bits per heavy atom. The lowest BCUT2D eigenvalue weighted by molar-refractivity contribution is -0.140. The van der Waals surface area contributed by atoms with E-state index >= 15 is 0 Å². The fourth-order valence-electron chi connectivity index (χ4n) is 3.44. The zero-order valence-corrected chi connectivity index (χ0v) is 15.7. The van der Waals surface area contributed by atoms with Crippen molar-refractivity contribution in [1.29, 1.82) is 0 Å². The first kappa shape index (κ1) is 18.7. The number of carbonyl (C=O) groups is 2. The normalized spacial score (nSPS) is 20.9. The Hall–Kier alpha value is -2.08. The standard InChI is InChI=1S/C20H27NO5/c1-13(2)18-12-21(19(22)14-6-8-25-9-7-14)11-16-5-4-15(20(23)24-3)10-17(16)26-18/h4-5,10,13-14,18H,6-9,11-12H2,1-3H3. The zero-order chi connectivity index (χ0) is 18.7. The van der Waals surface area contributed by atoms with E-state index in [0.717, 1.165) is 18.4 Å². The Morgan fingerprint density at radius 2 is 1.96 bits per heavy atom. The fourth-order valence-corrected chi connectivity index (χ4v) is 3.44. The van der Waals surface area contributed by atoms with Gasteiger partial charge in [-0.2, -0.15) is 0 Å². The number of amides is 1. The van der Waals surface area contributed by atoms with E-state index in [4.69, 9.17) is 14.2 Å². The molecule has 2 aliphatic heterocycles. The predicted octanol–water partition coefficient (Wildman–Crippen LogP) is 2.65. The molecular weight excluding hydrogens is 334 g/mol. The molecule has 3 rings (SSSR count). The van der Waals surface area contributed by atoms with Crippen molar-refractivity contribution in [2.75, 3.05) is 26.9 Å². The predicted molar refractivity (Wildman–Crippen MR) is 96.0 cm³/mol. The number of methoxy groups -OCH3 is 1. The van der Waals surface area contributed by atoms with Gasteiger partial charge in [-0.25, -0.2) is 4.79 Å². The molecule has 0 bridgehead atoms. The smallest absolute Gasteiger partial charge is 0.337 e. The Kier molecular flexibility index (Phi) is 5.81. The van der Waals surface area contributed by atoms with Crippen LogP contribution in [0.3, 0.4) is 0 Å². The monoisotopic (exact) mass is 361 g/mol. The number of carbonyl (C=O) groups excluding carboxylic acids is 2. The summed E-state index contributed by atoms with van der Waals surface area (Å²) in [5.41, 5.74) is 1.37. The second-order valence-corrected chi connectivity index (χ2v) is 7.32. The number of hydrogen-bond donors (Lipinski definition) is 0. The largest absolute Gasteiger partial charge is 0.488 e. The highest BCUT2D eigenvalue weighted by Crippen LogP contribution is 2.30. The minimum atomic E-state index is -0.392.